The second-order valence-corrected chi connectivity index (χ2v) is 3.97. The zero-order chi connectivity index (χ0) is 12.4. The molecule has 90 valence electrons. The summed E-state index contributed by atoms with van der Waals surface area (Å²) in [6.45, 7) is 2.14. The highest BCUT2D eigenvalue weighted by Gasteiger charge is 2.38. The van der Waals surface area contributed by atoms with Gasteiger partial charge in [0.25, 0.3) is 5.91 Å². The van der Waals surface area contributed by atoms with E-state index in [9.17, 15) is 9.59 Å². The largest absolute Gasteiger partial charge is 0.382 e. The lowest BCUT2D eigenvalue weighted by Gasteiger charge is -2.12. The number of carbonyl (C=O) groups is 2. The number of aryl methyl sites for hydroxylation is 1. The first-order valence-electron chi connectivity index (χ1n) is 5.33. The van der Waals surface area contributed by atoms with E-state index in [1.165, 1.54) is 7.11 Å². The highest BCUT2D eigenvalue weighted by molar-refractivity contribution is 6.21. The molecule has 0 saturated carbocycles. The number of benzene rings is 1. The zero-order valence-corrected chi connectivity index (χ0v) is 9.77. The van der Waals surface area contributed by atoms with Gasteiger partial charge in [0.1, 0.15) is 6.04 Å². The average Bonchev–Trinajstić information content (AvgIpc) is 2.57. The highest BCUT2D eigenvalue weighted by atomic mass is 16.5. The first kappa shape index (κ1) is 11.6. The maximum atomic E-state index is 12.0. The number of anilines is 1. The number of nitrogens with one attached hydrogen (secondary N) is 1. The number of hydrogen-bond donors (Lipinski definition) is 1. The van der Waals surface area contributed by atoms with E-state index in [4.69, 9.17) is 4.74 Å². The molecule has 17 heavy (non-hydrogen) atoms. The summed E-state index contributed by atoms with van der Waals surface area (Å²) in [7, 11) is 1.49. The summed E-state index contributed by atoms with van der Waals surface area (Å²) >= 11 is 0. The summed E-state index contributed by atoms with van der Waals surface area (Å²) in [6, 6.07) is 6.23. The van der Waals surface area contributed by atoms with Crippen LogP contribution in [0.5, 0.6) is 0 Å². The molecule has 1 fully saturated rings. The molecular weight excluding hydrogens is 220 g/mol. The quantitative estimate of drug-likeness (QED) is 0.796. The Hall–Kier alpha value is -1.88. The number of methoxy groups -OCH3 is 1. The van der Waals surface area contributed by atoms with Gasteiger partial charge in [-0.25, -0.2) is 9.69 Å². The molecule has 0 bridgehead atoms. The van der Waals surface area contributed by atoms with E-state index in [0.29, 0.717) is 5.69 Å². The molecule has 0 spiro atoms. The van der Waals surface area contributed by atoms with E-state index < -0.39 is 12.1 Å². The van der Waals surface area contributed by atoms with Crippen molar-refractivity contribution in [3.05, 3.63) is 29.8 Å². The molecule has 1 unspecified atom stereocenters. The van der Waals surface area contributed by atoms with Crippen molar-refractivity contribution >= 4 is 17.6 Å². The molecule has 5 heteroatoms. The van der Waals surface area contributed by atoms with Gasteiger partial charge < -0.3 is 10.1 Å². The monoisotopic (exact) mass is 234 g/mol. The van der Waals surface area contributed by atoms with Gasteiger partial charge in [-0.3, -0.25) is 4.79 Å². The summed E-state index contributed by atoms with van der Waals surface area (Å²) in [5, 5.41) is 2.58. The van der Waals surface area contributed by atoms with Gasteiger partial charge in [-0.2, -0.15) is 0 Å². The summed E-state index contributed by atoms with van der Waals surface area (Å²) in [5.74, 6) is -0.277. The number of carbonyl (C=O) groups excluding carboxylic acids is 2. The first-order chi connectivity index (χ1) is 8.13. The van der Waals surface area contributed by atoms with Gasteiger partial charge in [0.05, 0.1) is 12.3 Å². The molecule has 3 amide bonds. The molecule has 1 aromatic rings. The second kappa shape index (κ2) is 4.55. The number of imide groups is 1. The van der Waals surface area contributed by atoms with Crippen LogP contribution in [-0.4, -0.2) is 31.7 Å². The molecule has 0 radical (unpaired) electrons. The van der Waals surface area contributed by atoms with Crippen molar-refractivity contribution in [1.82, 2.24) is 5.32 Å². The molecule has 1 atom stereocenters. The van der Waals surface area contributed by atoms with Gasteiger partial charge in [-0.15, -0.1) is 0 Å². The fraction of sp³-hybridized carbons (Fsp3) is 0.333. The maximum absolute atomic E-state index is 12.0. The van der Waals surface area contributed by atoms with E-state index in [-0.39, 0.29) is 12.5 Å². The molecule has 0 aromatic heterocycles. The van der Waals surface area contributed by atoms with E-state index in [1.54, 1.807) is 12.1 Å². The topological polar surface area (TPSA) is 58.6 Å². The molecule has 1 aliphatic rings. The first-order valence-corrected chi connectivity index (χ1v) is 5.33. The minimum Gasteiger partial charge on any atom is -0.382 e. The molecular formula is C12H14N2O3. The lowest BCUT2D eigenvalue weighted by molar-refractivity contribution is -0.119. The third-order valence-electron chi connectivity index (χ3n) is 2.64. The number of rotatable bonds is 3. The van der Waals surface area contributed by atoms with Crippen LogP contribution in [0.15, 0.2) is 24.3 Å². The molecule has 2 rings (SSSR count). The van der Waals surface area contributed by atoms with Crippen LogP contribution < -0.4 is 10.2 Å². The van der Waals surface area contributed by atoms with E-state index in [2.05, 4.69) is 5.32 Å². The van der Waals surface area contributed by atoms with Gasteiger partial charge in [0.2, 0.25) is 0 Å². The van der Waals surface area contributed by atoms with Crippen LogP contribution in [-0.2, 0) is 9.53 Å². The standard InChI is InChI=1S/C12H14N2O3/c1-8-3-5-9(6-4-8)14-11(15)10(7-17-2)13-12(14)16/h3-6,10H,7H2,1-2H3,(H,13,16). The van der Waals surface area contributed by atoms with E-state index in [1.807, 2.05) is 19.1 Å². The predicted molar refractivity (Wildman–Crippen MR) is 62.9 cm³/mol. The van der Waals surface area contributed by atoms with Crippen LogP contribution in [0.4, 0.5) is 10.5 Å². The predicted octanol–water partition coefficient (Wildman–Crippen LogP) is 1.07. The Morgan fingerprint density at radius 1 is 1.29 bits per heavy atom. The van der Waals surface area contributed by atoms with Crippen molar-refractivity contribution < 1.29 is 14.3 Å². The lowest BCUT2D eigenvalue weighted by Crippen LogP contribution is -2.34. The number of amides is 3. The third-order valence-corrected chi connectivity index (χ3v) is 2.64. The Balaban J connectivity index is 2.24. The maximum Gasteiger partial charge on any atom is 0.329 e. The second-order valence-electron chi connectivity index (χ2n) is 3.97. The zero-order valence-electron chi connectivity index (χ0n) is 9.77. The highest BCUT2D eigenvalue weighted by Crippen LogP contribution is 2.19. The minimum absolute atomic E-state index is 0.187. The van der Waals surface area contributed by atoms with Crippen molar-refractivity contribution in [3.8, 4) is 0 Å². The molecule has 5 nitrogen and oxygen atoms in total. The van der Waals surface area contributed by atoms with Crippen LogP contribution in [0.3, 0.4) is 0 Å². The fourth-order valence-corrected chi connectivity index (χ4v) is 1.75. The molecule has 1 N–H and O–H groups in total. The van der Waals surface area contributed by atoms with Crippen LogP contribution >= 0.6 is 0 Å². The van der Waals surface area contributed by atoms with Gasteiger partial charge in [0.15, 0.2) is 0 Å². The normalized spacial score (nSPS) is 19.6. The van der Waals surface area contributed by atoms with Crippen molar-refractivity contribution in [1.29, 1.82) is 0 Å². The molecule has 1 saturated heterocycles. The summed E-state index contributed by atoms with van der Waals surface area (Å²) in [5.41, 5.74) is 1.66. The van der Waals surface area contributed by atoms with E-state index in [0.717, 1.165) is 10.5 Å². The third kappa shape index (κ3) is 2.14. The minimum atomic E-state index is -0.589. The number of nitrogens with zero attached hydrogens (tertiary/aromatic N) is 1. The smallest absolute Gasteiger partial charge is 0.329 e. The molecule has 0 aliphatic carbocycles. The Morgan fingerprint density at radius 2 is 1.94 bits per heavy atom. The Kier molecular flexibility index (Phi) is 3.10. The Bertz CT molecular complexity index is 442. The Morgan fingerprint density at radius 3 is 2.53 bits per heavy atom. The number of urea groups is 1. The fourth-order valence-electron chi connectivity index (χ4n) is 1.75. The molecule has 1 heterocycles. The SMILES string of the molecule is COCC1NC(=O)N(c2ccc(C)cc2)C1=O. The van der Waals surface area contributed by atoms with Crippen molar-refractivity contribution in [2.75, 3.05) is 18.6 Å². The Labute approximate surface area is 99.4 Å². The van der Waals surface area contributed by atoms with Gasteiger partial charge in [-0.05, 0) is 19.1 Å². The van der Waals surface area contributed by atoms with Crippen molar-refractivity contribution in [2.24, 2.45) is 0 Å². The number of ether oxygens (including phenoxy) is 1. The van der Waals surface area contributed by atoms with Crippen LogP contribution in [0.25, 0.3) is 0 Å². The molecule has 1 aromatic carbocycles. The van der Waals surface area contributed by atoms with Crippen LogP contribution in [0.2, 0.25) is 0 Å². The summed E-state index contributed by atoms with van der Waals surface area (Å²) in [6.07, 6.45) is 0. The average molecular weight is 234 g/mol. The summed E-state index contributed by atoms with van der Waals surface area (Å²) in [4.78, 5) is 24.8. The van der Waals surface area contributed by atoms with Crippen LogP contribution in [0.1, 0.15) is 5.56 Å². The van der Waals surface area contributed by atoms with Crippen molar-refractivity contribution in [2.45, 2.75) is 13.0 Å². The van der Waals surface area contributed by atoms with Crippen LogP contribution in [0, 0.1) is 6.92 Å². The van der Waals surface area contributed by atoms with Gasteiger partial charge >= 0.3 is 6.03 Å². The van der Waals surface area contributed by atoms with E-state index >= 15 is 0 Å². The van der Waals surface area contributed by atoms with Crippen molar-refractivity contribution in [3.63, 3.8) is 0 Å². The summed E-state index contributed by atoms with van der Waals surface area (Å²) < 4.78 is 4.89. The van der Waals surface area contributed by atoms with Gasteiger partial charge in [-0.1, -0.05) is 17.7 Å². The number of hydrogen-bond acceptors (Lipinski definition) is 3. The van der Waals surface area contributed by atoms with Gasteiger partial charge in [0, 0.05) is 7.11 Å². The molecule has 1 aliphatic heterocycles. The lowest BCUT2D eigenvalue weighted by atomic mass is 10.2.